The molecule has 0 unspecified atom stereocenters. The fourth-order valence-corrected chi connectivity index (χ4v) is 2.80. The predicted octanol–water partition coefficient (Wildman–Crippen LogP) is 4.60. The molecule has 3 rings (SSSR count). The second-order valence-corrected chi connectivity index (χ2v) is 5.86. The highest BCUT2D eigenvalue weighted by Crippen LogP contribution is 2.33. The van der Waals surface area contributed by atoms with Crippen LogP contribution < -0.4 is 5.32 Å². The maximum Gasteiger partial charge on any atom is 0.274 e. The molecule has 0 bridgehead atoms. The van der Waals surface area contributed by atoms with Crippen LogP contribution in [0, 0.1) is 37.5 Å². The lowest BCUT2D eigenvalue weighted by molar-refractivity contribution is -0.385. The highest BCUT2D eigenvalue weighted by Gasteiger charge is 2.16. The lowest BCUT2D eigenvalue weighted by atomic mass is 10.1. The molecule has 130 valence electrons. The zero-order valence-corrected chi connectivity index (χ0v) is 14.5. The molecule has 3 aromatic rings. The van der Waals surface area contributed by atoms with Crippen LogP contribution in [0.3, 0.4) is 0 Å². The van der Waals surface area contributed by atoms with Gasteiger partial charge in [0.2, 0.25) is 11.8 Å². The molecule has 0 saturated carbocycles. The van der Waals surface area contributed by atoms with Gasteiger partial charge in [-0.05, 0) is 38.5 Å². The van der Waals surface area contributed by atoms with Crippen LogP contribution in [0.1, 0.15) is 16.8 Å². The van der Waals surface area contributed by atoms with E-state index in [1.807, 2.05) is 13.8 Å². The maximum absolute atomic E-state index is 11.1. The third-order valence-corrected chi connectivity index (χ3v) is 4.10. The van der Waals surface area contributed by atoms with Gasteiger partial charge in [0.25, 0.3) is 5.69 Å². The Morgan fingerprint density at radius 2 is 2.04 bits per heavy atom. The summed E-state index contributed by atoms with van der Waals surface area (Å²) in [4.78, 5) is 25.9. The monoisotopic (exact) mass is 348 g/mol. The van der Waals surface area contributed by atoms with E-state index < -0.39 is 4.92 Å². The highest BCUT2D eigenvalue weighted by molar-refractivity contribution is 5.74. The van der Waals surface area contributed by atoms with E-state index in [1.54, 1.807) is 31.3 Å². The molecule has 2 heterocycles. The predicted molar refractivity (Wildman–Crippen MR) is 98.7 cm³/mol. The van der Waals surface area contributed by atoms with Gasteiger partial charge in [-0.25, -0.2) is 9.97 Å². The summed E-state index contributed by atoms with van der Waals surface area (Å²) >= 11 is 0. The summed E-state index contributed by atoms with van der Waals surface area (Å²) in [7, 11) is 0. The van der Waals surface area contributed by atoms with Crippen molar-refractivity contribution in [3.63, 3.8) is 0 Å². The molecule has 1 aromatic carbocycles. The fraction of sp³-hybridized carbons (Fsp3) is 0.167. The number of nitro benzene ring substituents is 1. The number of nitrogens with zero attached hydrogens (tertiary/aromatic N) is 4. The summed E-state index contributed by atoms with van der Waals surface area (Å²) in [6, 6.07) is 6.63. The fourth-order valence-electron chi connectivity index (χ4n) is 2.80. The summed E-state index contributed by atoms with van der Waals surface area (Å²) in [6.07, 6.45) is 1.61. The standard InChI is InChI=1S/C18H16N6O2/c1-10-5-6-13(9-15(10)24(25)26)22-18-20-8-7-14(23-18)16-11(2)17(19-4)21-12(16)3/h5-9,21H,1-3H3,(H,20,22,23). The van der Waals surface area contributed by atoms with Crippen molar-refractivity contribution in [2.45, 2.75) is 20.8 Å². The van der Waals surface area contributed by atoms with Crippen molar-refractivity contribution in [1.29, 1.82) is 0 Å². The van der Waals surface area contributed by atoms with Gasteiger partial charge in [0.1, 0.15) is 0 Å². The molecule has 0 radical (unpaired) electrons. The molecule has 2 N–H and O–H groups in total. The van der Waals surface area contributed by atoms with Crippen LogP contribution >= 0.6 is 0 Å². The van der Waals surface area contributed by atoms with E-state index >= 15 is 0 Å². The first kappa shape index (κ1) is 17.1. The van der Waals surface area contributed by atoms with Gasteiger partial charge < -0.3 is 15.1 Å². The lowest BCUT2D eigenvalue weighted by Crippen LogP contribution is -2.00. The summed E-state index contributed by atoms with van der Waals surface area (Å²) in [6.45, 7) is 12.6. The summed E-state index contributed by atoms with van der Waals surface area (Å²) in [5.74, 6) is 0.810. The van der Waals surface area contributed by atoms with Gasteiger partial charge in [-0.2, -0.15) is 0 Å². The number of aromatic amines is 1. The molecule has 0 atom stereocenters. The molecule has 0 saturated heterocycles. The smallest absolute Gasteiger partial charge is 0.274 e. The Hall–Kier alpha value is -3.73. The van der Waals surface area contributed by atoms with E-state index in [0.29, 0.717) is 28.7 Å². The minimum atomic E-state index is -0.420. The number of hydrogen-bond acceptors (Lipinski definition) is 5. The van der Waals surface area contributed by atoms with Gasteiger partial charge in [0, 0.05) is 29.1 Å². The zero-order chi connectivity index (χ0) is 18.8. The molecule has 0 aliphatic heterocycles. The van der Waals surface area contributed by atoms with Gasteiger partial charge in [-0.15, -0.1) is 0 Å². The van der Waals surface area contributed by atoms with Crippen molar-refractivity contribution >= 4 is 23.1 Å². The third-order valence-electron chi connectivity index (χ3n) is 4.10. The first-order valence-electron chi connectivity index (χ1n) is 7.83. The molecule has 2 aromatic heterocycles. The molecular weight excluding hydrogens is 332 g/mol. The Morgan fingerprint density at radius 3 is 2.69 bits per heavy atom. The van der Waals surface area contributed by atoms with E-state index in [0.717, 1.165) is 16.8 Å². The Morgan fingerprint density at radius 1 is 1.27 bits per heavy atom. The normalized spacial score (nSPS) is 10.4. The number of hydrogen-bond donors (Lipinski definition) is 2. The summed E-state index contributed by atoms with van der Waals surface area (Å²) < 4.78 is 0. The number of H-pyrrole nitrogens is 1. The van der Waals surface area contributed by atoms with E-state index in [2.05, 4.69) is 25.1 Å². The highest BCUT2D eigenvalue weighted by atomic mass is 16.6. The van der Waals surface area contributed by atoms with Crippen molar-refractivity contribution in [1.82, 2.24) is 15.0 Å². The molecule has 0 aliphatic carbocycles. The summed E-state index contributed by atoms with van der Waals surface area (Å²) in [5.41, 5.74) is 4.35. The van der Waals surface area contributed by atoms with Crippen LogP contribution in [0.2, 0.25) is 0 Å². The van der Waals surface area contributed by atoms with Crippen molar-refractivity contribution in [3.05, 3.63) is 68.8 Å². The molecular formula is C18H16N6O2. The number of benzene rings is 1. The Balaban J connectivity index is 1.97. The minimum absolute atomic E-state index is 0.0326. The van der Waals surface area contributed by atoms with Crippen LogP contribution in [0.5, 0.6) is 0 Å². The molecule has 26 heavy (non-hydrogen) atoms. The number of aryl methyl sites for hydroxylation is 2. The van der Waals surface area contributed by atoms with Crippen LogP contribution in [-0.4, -0.2) is 19.9 Å². The van der Waals surface area contributed by atoms with Crippen LogP contribution in [0.15, 0.2) is 30.5 Å². The number of nitrogens with one attached hydrogen (secondary N) is 2. The largest absolute Gasteiger partial charge is 0.364 e. The molecule has 0 amide bonds. The molecule has 0 spiro atoms. The quantitative estimate of drug-likeness (QED) is 0.408. The van der Waals surface area contributed by atoms with Crippen LogP contribution in [0.25, 0.3) is 16.1 Å². The number of rotatable bonds is 4. The third kappa shape index (κ3) is 3.10. The average molecular weight is 348 g/mol. The van der Waals surface area contributed by atoms with Crippen molar-refractivity contribution in [2.24, 2.45) is 0 Å². The van der Waals surface area contributed by atoms with Gasteiger partial charge in [-0.1, -0.05) is 12.6 Å². The molecule has 8 nitrogen and oxygen atoms in total. The zero-order valence-electron chi connectivity index (χ0n) is 14.5. The first-order valence-corrected chi connectivity index (χ1v) is 7.83. The van der Waals surface area contributed by atoms with Crippen LogP contribution in [-0.2, 0) is 0 Å². The molecule has 8 heteroatoms. The van der Waals surface area contributed by atoms with E-state index in [9.17, 15) is 10.1 Å². The van der Waals surface area contributed by atoms with E-state index in [-0.39, 0.29) is 5.69 Å². The Bertz CT molecular complexity index is 1050. The number of aromatic nitrogens is 3. The van der Waals surface area contributed by atoms with Gasteiger partial charge in [0.05, 0.1) is 16.3 Å². The average Bonchev–Trinajstić information content (AvgIpc) is 2.90. The van der Waals surface area contributed by atoms with Gasteiger partial charge >= 0.3 is 0 Å². The lowest BCUT2D eigenvalue weighted by Gasteiger charge is -2.08. The van der Waals surface area contributed by atoms with Crippen LogP contribution in [0.4, 0.5) is 23.1 Å². The topological polar surface area (TPSA) is 101 Å². The van der Waals surface area contributed by atoms with E-state index in [1.165, 1.54) is 6.07 Å². The first-order chi connectivity index (χ1) is 12.4. The Kier molecular flexibility index (Phi) is 4.37. The van der Waals surface area contributed by atoms with Gasteiger partial charge in [-0.3, -0.25) is 10.1 Å². The second kappa shape index (κ2) is 6.64. The minimum Gasteiger partial charge on any atom is -0.364 e. The molecule has 0 fully saturated rings. The Labute approximate surface area is 149 Å². The van der Waals surface area contributed by atoms with Gasteiger partial charge in [0.15, 0.2) is 0 Å². The number of anilines is 2. The number of nitro groups is 1. The molecule has 0 aliphatic rings. The second-order valence-electron chi connectivity index (χ2n) is 5.86. The van der Waals surface area contributed by atoms with Crippen molar-refractivity contribution in [3.8, 4) is 11.3 Å². The van der Waals surface area contributed by atoms with E-state index in [4.69, 9.17) is 6.57 Å². The SMILES string of the molecule is [C-]#[N+]c1[nH]c(C)c(-c2ccnc(Nc3ccc(C)c([N+](=O)[O-])c3)n2)c1C. The maximum atomic E-state index is 11.1. The summed E-state index contributed by atoms with van der Waals surface area (Å²) in [5, 5.41) is 14.1. The van der Waals surface area contributed by atoms with Crippen molar-refractivity contribution < 1.29 is 4.92 Å². The van der Waals surface area contributed by atoms with Crippen molar-refractivity contribution in [2.75, 3.05) is 5.32 Å².